The maximum Gasteiger partial charge on any atom is 0.251 e. The maximum atomic E-state index is 11.8. The summed E-state index contributed by atoms with van der Waals surface area (Å²) in [4.78, 5) is 11.8. The smallest absolute Gasteiger partial charge is 0.251 e. The Morgan fingerprint density at radius 2 is 2.16 bits per heavy atom. The quantitative estimate of drug-likeness (QED) is 0.733. The lowest BCUT2D eigenvalue weighted by Crippen LogP contribution is -2.25. The molecule has 0 aliphatic carbocycles. The van der Waals surface area contributed by atoms with Gasteiger partial charge in [0.25, 0.3) is 5.91 Å². The van der Waals surface area contributed by atoms with E-state index in [0.29, 0.717) is 37.0 Å². The zero-order valence-electron chi connectivity index (χ0n) is 10.7. The van der Waals surface area contributed by atoms with E-state index in [1.807, 2.05) is 0 Å². The summed E-state index contributed by atoms with van der Waals surface area (Å²) in [5.41, 5.74) is 0.550. The van der Waals surface area contributed by atoms with Crippen molar-refractivity contribution >= 4 is 33.4 Å². The summed E-state index contributed by atoms with van der Waals surface area (Å²) in [7, 11) is 1.63. The molecule has 1 N–H and O–H groups in total. The summed E-state index contributed by atoms with van der Waals surface area (Å²) in [6, 6.07) is 5.11. The van der Waals surface area contributed by atoms with Crippen molar-refractivity contribution in [2.75, 3.05) is 33.5 Å². The number of hydrogen-bond donors (Lipinski definition) is 1. The van der Waals surface area contributed by atoms with Crippen molar-refractivity contribution < 1.29 is 14.3 Å². The monoisotopic (exact) mass is 349 g/mol. The molecule has 0 spiro atoms. The molecule has 1 rings (SSSR count). The Bertz CT molecular complexity index is 415. The fourth-order valence-corrected chi connectivity index (χ4v) is 1.79. The molecule has 0 radical (unpaired) electrons. The van der Waals surface area contributed by atoms with Gasteiger partial charge in [-0.3, -0.25) is 4.79 Å². The highest BCUT2D eigenvalue weighted by Crippen LogP contribution is 2.23. The van der Waals surface area contributed by atoms with Gasteiger partial charge in [-0.1, -0.05) is 11.6 Å². The Balaban J connectivity index is 2.22. The number of ether oxygens (including phenoxy) is 2. The summed E-state index contributed by atoms with van der Waals surface area (Å²) in [5.74, 6) is -0.133. The molecule has 0 fully saturated rings. The van der Waals surface area contributed by atoms with E-state index in [9.17, 15) is 4.79 Å². The van der Waals surface area contributed by atoms with Gasteiger partial charge in [0.05, 0.1) is 18.2 Å². The molecule has 0 saturated carbocycles. The molecule has 4 nitrogen and oxygen atoms in total. The van der Waals surface area contributed by atoms with Crippen LogP contribution in [-0.4, -0.2) is 39.4 Å². The molecule has 0 aromatic heterocycles. The van der Waals surface area contributed by atoms with Crippen LogP contribution in [0.5, 0.6) is 0 Å². The highest BCUT2D eigenvalue weighted by molar-refractivity contribution is 9.10. The van der Waals surface area contributed by atoms with Crippen molar-refractivity contribution in [2.45, 2.75) is 6.42 Å². The first-order valence-electron chi connectivity index (χ1n) is 5.95. The van der Waals surface area contributed by atoms with E-state index in [1.165, 1.54) is 0 Å². The fourth-order valence-electron chi connectivity index (χ4n) is 1.36. The number of hydrogen-bond acceptors (Lipinski definition) is 3. The molecule has 0 saturated heterocycles. The highest BCUT2D eigenvalue weighted by atomic mass is 79.9. The van der Waals surface area contributed by atoms with Gasteiger partial charge in [0.15, 0.2) is 0 Å². The maximum absolute atomic E-state index is 11.8. The third-order valence-corrected chi connectivity index (χ3v) is 3.60. The molecule has 19 heavy (non-hydrogen) atoms. The number of carbonyl (C=O) groups excluding carboxylic acids is 1. The lowest BCUT2D eigenvalue weighted by Gasteiger charge is -2.07. The summed E-state index contributed by atoms with van der Waals surface area (Å²) in [6.45, 7) is 2.33. The van der Waals surface area contributed by atoms with Gasteiger partial charge in [0.2, 0.25) is 0 Å². The summed E-state index contributed by atoms with van der Waals surface area (Å²) >= 11 is 9.21. The molecule has 0 aliphatic rings. The van der Waals surface area contributed by atoms with E-state index in [0.717, 1.165) is 10.9 Å². The zero-order chi connectivity index (χ0) is 14.1. The molecule has 1 aromatic rings. The topological polar surface area (TPSA) is 47.6 Å². The Hall–Kier alpha value is -0.620. The first-order chi connectivity index (χ1) is 9.15. The van der Waals surface area contributed by atoms with Crippen LogP contribution in [0.4, 0.5) is 0 Å². The molecule has 1 amide bonds. The van der Waals surface area contributed by atoms with Gasteiger partial charge in [-0.2, -0.15) is 0 Å². The van der Waals surface area contributed by atoms with Crippen LogP contribution >= 0.6 is 27.5 Å². The zero-order valence-corrected chi connectivity index (χ0v) is 13.1. The summed E-state index contributed by atoms with van der Waals surface area (Å²) in [5, 5.41) is 3.34. The Morgan fingerprint density at radius 1 is 1.37 bits per heavy atom. The standard InChI is InChI=1S/C13H17BrClNO3/c1-18-7-8-19-6-2-5-16-13(17)10-3-4-11(14)12(15)9-10/h3-4,9H,2,5-8H2,1H3,(H,16,17). The second-order valence-corrected chi connectivity index (χ2v) is 5.11. The largest absolute Gasteiger partial charge is 0.382 e. The summed E-state index contributed by atoms with van der Waals surface area (Å²) in [6.07, 6.45) is 0.764. The van der Waals surface area contributed by atoms with Crippen molar-refractivity contribution in [1.29, 1.82) is 0 Å². The van der Waals surface area contributed by atoms with Crippen LogP contribution < -0.4 is 5.32 Å². The van der Waals surface area contributed by atoms with Crippen LogP contribution in [-0.2, 0) is 9.47 Å². The number of benzene rings is 1. The van der Waals surface area contributed by atoms with E-state index < -0.39 is 0 Å². The van der Waals surface area contributed by atoms with E-state index in [4.69, 9.17) is 21.1 Å². The lowest BCUT2D eigenvalue weighted by molar-refractivity contribution is 0.0688. The second-order valence-electron chi connectivity index (χ2n) is 3.84. The lowest BCUT2D eigenvalue weighted by atomic mass is 10.2. The first kappa shape index (κ1) is 16.4. The van der Waals surface area contributed by atoms with E-state index in [1.54, 1.807) is 25.3 Å². The van der Waals surface area contributed by atoms with Crippen molar-refractivity contribution in [3.8, 4) is 0 Å². The van der Waals surface area contributed by atoms with E-state index in [-0.39, 0.29) is 5.91 Å². The SMILES string of the molecule is COCCOCCCNC(=O)c1ccc(Br)c(Cl)c1. The van der Waals surface area contributed by atoms with Gasteiger partial charge in [-0.25, -0.2) is 0 Å². The van der Waals surface area contributed by atoms with Gasteiger partial charge in [0.1, 0.15) is 0 Å². The van der Waals surface area contributed by atoms with Gasteiger partial charge < -0.3 is 14.8 Å². The van der Waals surface area contributed by atoms with Gasteiger partial charge in [-0.05, 0) is 40.5 Å². The molecule has 0 bridgehead atoms. The number of methoxy groups -OCH3 is 1. The Kier molecular flexibility index (Phi) is 8.05. The van der Waals surface area contributed by atoms with Crippen LogP contribution in [0.3, 0.4) is 0 Å². The average molecular weight is 351 g/mol. The molecule has 1 aromatic carbocycles. The normalized spacial score (nSPS) is 10.5. The number of nitrogens with one attached hydrogen (secondary N) is 1. The molecule has 0 unspecified atom stereocenters. The van der Waals surface area contributed by atoms with Gasteiger partial charge >= 0.3 is 0 Å². The molecular weight excluding hydrogens is 334 g/mol. The van der Waals surface area contributed by atoms with Crippen molar-refractivity contribution in [3.63, 3.8) is 0 Å². The van der Waals surface area contributed by atoms with E-state index in [2.05, 4.69) is 21.2 Å². The number of carbonyl (C=O) groups is 1. The van der Waals surface area contributed by atoms with Gasteiger partial charge in [0, 0.05) is 30.3 Å². The molecule has 0 atom stereocenters. The van der Waals surface area contributed by atoms with Crippen molar-refractivity contribution in [1.82, 2.24) is 5.32 Å². The molecule has 6 heteroatoms. The predicted octanol–water partition coefficient (Wildman–Crippen LogP) is 2.89. The van der Waals surface area contributed by atoms with Gasteiger partial charge in [-0.15, -0.1) is 0 Å². The number of rotatable bonds is 8. The van der Waals surface area contributed by atoms with Crippen LogP contribution in [0.2, 0.25) is 5.02 Å². The number of halogens is 2. The van der Waals surface area contributed by atoms with Crippen molar-refractivity contribution in [2.24, 2.45) is 0 Å². The van der Waals surface area contributed by atoms with Crippen LogP contribution in [0, 0.1) is 0 Å². The van der Waals surface area contributed by atoms with Crippen molar-refractivity contribution in [3.05, 3.63) is 33.3 Å². The van der Waals surface area contributed by atoms with Crippen LogP contribution in [0.1, 0.15) is 16.8 Å². The Morgan fingerprint density at radius 3 is 2.84 bits per heavy atom. The van der Waals surface area contributed by atoms with Crippen LogP contribution in [0.25, 0.3) is 0 Å². The minimum absolute atomic E-state index is 0.133. The molecule has 106 valence electrons. The molecule has 0 aliphatic heterocycles. The highest BCUT2D eigenvalue weighted by Gasteiger charge is 2.06. The van der Waals surface area contributed by atoms with Crippen LogP contribution in [0.15, 0.2) is 22.7 Å². The average Bonchev–Trinajstić information content (AvgIpc) is 2.40. The third-order valence-electron chi connectivity index (χ3n) is 2.36. The molecule has 0 heterocycles. The minimum Gasteiger partial charge on any atom is -0.382 e. The fraction of sp³-hybridized carbons (Fsp3) is 0.462. The first-order valence-corrected chi connectivity index (χ1v) is 7.12. The second kappa shape index (κ2) is 9.31. The summed E-state index contributed by atoms with van der Waals surface area (Å²) < 4.78 is 10.9. The van der Waals surface area contributed by atoms with E-state index >= 15 is 0 Å². The third kappa shape index (κ3) is 6.38. The minimum atomic E-state index is -0.133. The molecular formula is C13H17BrClNO3. The number of amides is 1. The Labute approximate surface area is 126 Å². The predicted molar refractivity (Wildman–Crippen MR) is 78.8 cm³/mol.